The standard InChI is InChI=1S/C21H21N3O4S/c1-12-8-17(14-4-3-7-22-21(14)26)20(25)18(9-12)15-10-16(15)19-6-5-13(11-23-19)24-29(2,27)28/h3-9,11,15-16,24-25H,10H2,1-2H3,(H,22,26). The molecule has 3 N–H and O–H groups in total. The summed E-state index contributed by atoms with van der Waals surface area (Å²) in [5.74, 6) is 0.352. The Morgan fingerprint density at radius 2 is 1.97 bits per heavy atom. The number of aromatic nitrogens is 2. The third kappa shape index (κ3) is 4.02. The van der Waals surface area contributed by atoms with Crippen molar-refractivity contribution in [1.29, 1.82) is 0 Å². The molecule has 2 heterocycles. The van der Waals surface area contributed by atoms with Gasteiger partial charge in [-0.1, -0.05) is 6.07 Å². The summed E-state index contributed by atoms with van der Waals surface area (Å²) in [7, 11) is -3.34. The summed E-state index contributed by atoms with van der Waals surface area (Å²) in [6.07, 6.45) is 4.97. The predicted octanol–water partition coefficient (Wildman–Crippen LogP) is 3.09. The van der Waals surface area contributed by atoms with Crippen LogP contribution in [-0.4, -0.2) is 29.7 Å². The summed E-state index contributed by atoms with van der Waals surface area (Å²) in [5.41, 5.74) is 3.72. The molecule has 2 atom stereocenters. The van der Waals surface area contributed by atoms with Crippen LogP contribution in [0, 0.1) is 6.92 Å². The van der Waals surface area contributed by atoms with E-state index >= 15 is 0 Å². The normalized spacial score (nSPS) is 18.4. The molecule has 4 rings (SSSR count). The number of pyridine rings is 2. The van der Waals surface area contributed by atoms with E-state index in [1.165, 1.54) is 6.20 Å². The minimum Gasteiger partial charge on any atom is -0.507 e. The van der Waals surface area contributed by atoms with Gasteiger partial charge >= 0.3 is 0 Å². The summed E-state index contributed by atoms with van der Waals surface area (Å²) in [6.45, 7) is 1.94. The molecule has 2 aromatic heterocycles. The highest BCUT2D eigenvalue weighted by atomic mass is 32.2. The zero-order valence-electron chi connectivity index (χ0n) is 16.0. The number of rotatable bonds is 5. The first-order chi connectivity index (χ1) is 13.7. The number of hydrogen-bond acceptors (Lipinski definition) is 5. The molecule has 0 spiro atoms. The summed E-state index contributed by atoms with van der Waals surface area (Å²) in [4.78, 5) is 19.2. The molecule has 7 nitrogen and oxygen atoms in total. The monoisotopic (exact) mass is 411 g/mol. The van der Waals surface area contributed by atoms with Crippen molar-refractivity contribution in [3.8, 4) is 16.9 Å². The number of nitrogens with zero attached hydrogens (tertiary/aromatic N) is 1. The lowest BCUT2D eigenvalue weighted by Crippen LogP contribution is -2.09. The Morgan fingerprint density at radius 3 is 2.62 bits per heavy atom. The van der Waals surface area contributed by atoms with E-state index in [4.69, 9.17) is 0 Å². The van der Waals surface area contributed by atoms with Crippen molar-refractivity contribution in [1.82, 2.24) is 9.97 Å². The molecule has 1 aromatic carbocycles. The number of anilines is 1. The van der Waals surface area contributed by atoms with E-state index in [2.05, 4.69) is 14.7 Å². The topological polar surface area (TPSA) is 112 Å². The SMILES string of the molecule is Cc1cc(-c2ccc[nH]c2=O)c(O)c(C2CC2c2ccc(NS(C)(=O)=O)cn2)c1. The Hall–Kier alpha value is -3.13. The molecule has 1 aliphatic carbocycles. The summed E-state index contributed by atoms with van der Waals surface area (Å²) in [5, 5.41) is 10.9. The van der Waals surface area contributed by atoms with Gasteiger partial charge in [-0.2, -0.15) is 0 Å². The van der Waals surface area contributed by atoms with Gasteiger partial charge in [0.25, 0.3) is 5.56 Å². The Labute approximate surface area is 168 Å². The van der Waals surface area contributed by atoms with Crippen molar-refractivity contribution in [3.05, 3.63) is 76.0 Å². The van der Waals surface area contributed by atoms with E-state index in [-0.39, 0.29) is 23.1 Å². The molecule has 0 aliphatic heterocycles. The maximum absolute atomic E-state index is 12.2. The van der Waals surface area contributed by atoms with Gasteiger partial charge in [0.05, 0.1) is 23.7 Å². The number of H-pyrrole nitrogens is 1. The number of aromatic hydroxyl groups is 1. The second-order valence-electron chi connectivity index (χ2n) is 7.46. The van der Waals surface area contributed by atoms with Gasteiger partial charge in [0.2, 0.25) is 10.0 Å². The van der Waals surface area contributed by atoms with Crippen LogP contribution in [0.1, 0.15) is 35.1 Å². The molecular weight excluding hydrogens is 390 g/mol. The van der Waals surface area contributed by atoms with E-state index < -0.39 is 10.0 Å². The fraction of sp³-hybridized carbons (Fsp3) is 0.238. The minimum atomic E-state index is -3.34. The highest BCUT2D eigenvalue weighted by molar-refractivity contribution is 7.92. The van der Waals surface area contributed by atoms with Crippen molar-refractivity contribution < 1.29 is 13.5 Å². The first kappa shape index (κ1) is 19.2. The van der Waals surface area contributed by atoms with Crippen LogP contribution in [0.4, 0.5) is 5.69 Å². The molecule has 0 radical (unpaired) electrons. The first-order valence-corrected chi connectivity index (χ1v) is 11.1. The average Bonchev–Trinajstić information content (AvgIpc) is 3.44. The molecule has 1 saturated carbocycles. The maximum atomic E-state index is 12.2. The van der Waals surface area contributed by atoms with Crippen LogP contribution < -0.4 is 10.3 Å². The number of hydrogen-bond donors (Lipinski definition) is 3. The Morgan fingerprint density at radius 1 is 1.17 bits per heavy atom. The summed E-state index contributed by atoms with van der Waals surface area (Å²) in [6, 6.07) is 10.7. The van der Waals surface area contributed by atoms with Gasteiger partial charge < -0.3 is 10.1 Å². The largest absolute Gasteiger partial charge is 0.507 e. The highest BCUT2D eigenvalue weighted by Crippen LogP contribution is 2.57. The van der Waals surface area contributed by atoms with Crippen molar-refractivity contribution in [2.75, 3.05) is 11.0 Å². The second kappa shape index (κ2) is 7.04. The average molecular weight is 411 g/mol. The number of aryl methyl sites for hydroxylation is 1. The predicted molar refractivity (Wildman–Crippen MR) is 112 cm³/mol. The van der Waals surface area contributed by atoms with Crippen LogP contribution in [0.3, 0.4) is 0 Å². The van der Waals surface area contributed by atoms with Gasteiger partial charge in [0.15, 0.2) is 0 Å². The van der Waals surface area contributed by atoms with Crippen molar-refractivity contribution in [2.45, 2.75) is 25.2 Å². The zero-order chi connectivity index (χ0) is 20.8. The molecule has 3 aromatic rings. The lowest BCUT2D eigenvalue weighted by Gasteiger charge is -2.12. The third-order valence-corrected chi connectivity index (χ3v) is 5.66. The minimum absolute atomic E-state index is 0.0951. The fourth-order valence-corrected chi connectivity index (χ4v) is 4.24. The van der Waals surface area contributed by atoms with Crippen molar-refractivity contribution in [2.24, 2.45) is 0 Å². The molecule has 29 heavy (non-hydrogen) atoms. The van der Waals surface area contributed by atoms with Gasteiger partial charge in [0, 0.05) is 23.4 Å². The highest BCUT2D eigenvalue weighted by Gasteiger charge is 2.42. The molecule has 1 fully saturated rings. The van der Waals surface area contributed by atoms with E-state index in [0.29, 0.717) is 16.8 Å². The van der Waals surface area contributed by atoms with Gasteiger partial charge in [-0.25, -0.2) is 8.42 Å². The number of phenols is 1. The van der Waals surface area contributed by atoms with Crippen LogP contribution in [-0.2, 0) is 10.0 Å². The van der Waals surface area contributed by atoms with E-state index in [1.807, 2.05) is 19.1 Å². The van der Waals surface area contributed by atoms with Crippen LogP contribution in [0.15, 0.2) is 53.6 Å². The molecule has 0 amide bonds. The van der Waals surface area contributed by atoms with Gasteiger partial charge in [-0.3, -0.25) is 14.5 Å². The Balaban J connectivity index is 1.63. The number of aromatic amines is 1. The molecule has 1 aliphatic rings. The molecule has 8 heteroatoms. The number of phenolic OH excluding ortho intramolecular Hbond substituents is 1. The Kier molecular flexibility index (Phi) is 4.66. The molecule has 0 bridgehead atoms. The Bertz CT molecular complexity index is 1230. The van der Waals surface area contributed by atoms with Gasteiger partial charge in [-0.05, 0) is 60.7 Å². The molecule has 0 saturated heterocycles. The van der Waals surface area contributed by atoms with Crippen molar-refractivity contribution in [3.63, 3.8) is 0 Å². The van der Waals surface area contributed by atoms with Crippen LogP contribution in [0.5, 0.6) is 5.75 Å². The van der Waals surface area contributed by atoms with Crippen molar-refractivity contribution >= 4 is 15.7 Å². The number of sulfonamides is 1. The smallest absolute Gasteiger partial charge is 0.255 e. The summed E-state index contributed by atoms with van der Waals surface area (Å²) >= 11 is 0. The van der Waals surface area contributed by atoms with Gasteiger partial charge in [0.1, 0.15) is 5.75 Å². The van der Waals surface area contributed by atoms with E-state index in [9.17, 15) is 18.3 Å². The van der Waals surface area contributed by atoms with Crippen LogP contribution >= 0.6 is 0 Å². The second-order valence-corrected chi connectivity index (χ2v) is 9.21. The summed E-state index contributed by atoms with van der Waals surface area (Å²) < 4.78 is 25.0. The molecule has 150 valence electrons. The quantitative estimate of drug-likeness (QED) is 0.597. The lowest BCUT2D eigenvalue weighted by molar-refractivity contribution is 0.469. The number of benzene rings is 1. The lowest BCUT2D eigenvalue weighted by atomic mass is 9.96. The van der Waals surface area contributed by atoms with E-state index in [0.717, 1.165) is 29.5 Å². The maximum Gasteiger partial charge on any atom is 0.255 e. The number of nitrogens with one attached hydrogen (secondary N) is 2. The first-order valence-electron chi connectivity index (χ1n) is 9.18. The van der Waals surface area contributed by atoms with Gasteiger partial charge in [-0.15, -0.1) is 0 Å². The zero-order valence-corrected chi connectivity index (χ0v) is 16.8. The fourth-order valence-electron chi connectivity index (χ4n) is 3.69. The van der Waals surface area contributed by atoms with Crippen LogP contribution in [0.2, 0.25) is 0 Å². The third-order valence-electron chi connectivity index (χ3n) is 5.05. The van der Waals surface area contributed by atoms with Crippen LogP contribution in [0.25, 0.3) is 11.1 Å². The van der Waals surface area contributed by atoms with E-state index in [1.54, 1.807) is 30.5 Å². The molecule has 2 unspecified atom stereocenters. The molecular formula is C21H21N3O4S.